The first kappa shape index (κ1) is 16.4. The monoisotopic (exact) mass is 331 g/mol. The van der Waals surface area contributed by atoms with Gasteiger partial charge >= 0.3 is 0 Å². The van der Waals surface area contributed by atoms with Crippen LogP contribution in [0.4, 0.5) is 0 Å². The molecule has 24 heavy (non-hydrogen) atoms. The van der Waals surface area contributed by atoms with Crippen LogP contribution in [-0.2, 0) is 4.74 Å². The minimum atomic E-state index is -0.394. The van der Waals surface area contributed by atoms with E-state index in [0.29, 0.717) is 30.5 Å². The number of aromatic nitrogens is 2. The van der Waals surface area contributed by atoms with Gasteiger partial charge in [-0.1, -0.05) is 0 Å². The van der Waals surface area contributed by atoms with Crippen molar-refractivity contribution in [2.75, 3.05) is 26.4 Å². The Morgan fingerprint density at radius 1 is 1.42 bits per heavy atom. The average Bonchev–Trinajstić information content (AvgIpc) is 2.61. The van der Waals surface area contributed by atoms with E-state index in [1.807, 2.05) is 6.92 Å². The summed E-state index contributed by atoms with van der Waals surface area (Å²) in [5, 5.41) is 2.84. The van der Waals surface area contributed by atoms with Crippen LogP contribution in [0.3, 0.4) is 0 Å². The second-order valence-electron chi connectivity index (χ2n) is 5.78. The Kier molecular flexibility index (Phi) is 5.10. The number of carbonyl (C=O) groups excluding carboxylic acids is 1. The van der Waals surface area contributed by atoms with Gasteiger partial charge in [0, 0.05) is 32.0 Å². The Morgan fingerprint density at radius 2 is 2.21 bits per heavy atom. The SMILES string of the molecule is CCOc1ccc2[nH]cc(C(=O)NCC3CCOCC3)c(=O)c2n1. The van der Waals surface area contributed by atoms with Crippen LogP contribution in [0.25, 0.3) is 11.0 Å². The Labute approximate surface area is 139 Å². The van der Waals surface area contributed by atoms with Gasteiger partial charge < -0.3 is 19.8 Å². The summed E-state index contributed by atoms with van der Waals surface area (Å²) in [6.45, 7) is 4.30. The van der Waals surface area contributed by atoms with Crippen molar-refractivity contribution >= 4 is 16.9 Å². The largest absolute Gasteiger partial charge is 0.478 e. The minimum absolute atomic E-state index is 0.0655. The first-order valence-electron chi connectivity index (χ1n) is 8.20. The van der Waals surface area contributed by atoms with E-state index in [0.717, 1.165) is 26.1 Å². The summed E-state index contributed by atoms with van der Waals surface area (Å²) >= 11 is 0. The van der Waals surface area contributed by atoms with Crippen LogP contribution in [0, 0.1) is 5.92 Å². The summed E-state index contributed by atoms with van der Waals surface area (Å²) in [5.41, 5.74) is 0.453. The number of amides is 1. The predicted molar refractivity (Wildman–Crippen MR) is 89.4 cm³/mol. The molecule has 0 aromatic carbocycles. The lowest BCUT2D eigenvalue weighted by molar-refractivity contribution is 0.0642. The molecule has 2 aromatic rings. The van der Waals surface area contributed by atoms with E-state index in [1.54, 1.807) is 12.1 Å². The zero-order valence-corrected chi connectivity index (χ0v) is 13.6. The van der Waals surface area contributed by atoms with Crippen LogP contribution < -0.4 is 15.5 Å². The van der Waals surface area contributed by atoms with E-state index in [1.165, 1.54) is 6.20 Å². The summed E-state index contributed by atoms with van der Waals surface area (Å²) in [7, 11) is 0. The summed E-state index contributed by atoms with van der Waals surface area (Å²) in [5.74, 6) is 0.383. The number of ether oxygens (including phenoxy) is 2. The number of fused-ring (bicyclic) bond motifs is 1. The number of H-pyrrole nitrogens is 1. The predicted octanol–water partition coefficient (Wildman–Crippen LogP) is 1.48. The van der Waals surface area contributed by atoms with Crippen molar-refractivity contribution in [2.45, 2.75) is 19.8 Å². The van der Waals surface area contributed by atoms with Gasteiger partial charge in [-0.2, -0.15) is 0 Å². The molecule has 1 saturated heterocycles. The number of carbonyl (C=O) groups is 1. The molecule has 0 bridgehead atoms. The van der Waals surface area contributed by atoms with E-state index < -0.39 is 5.43 Å². The Hall–Kier alpha value is -2.41. The van der Waals surface area contributed by atoms with Crippen LogP contribution in [0.1, 0.15) is 30.1 Å². The van der Waals surface area contributed by atoms with E-state index >= 15 is 0 Å². The van der Waals surface area contributed by atoms with Gasteiger partial charge in [0.1, 0.15) is 11.1 Å². The third-order valence-corrected chi connectivity index (χ3v) is 4.13. The van der Waals surface area contributed by atoms with Gasteiger partial charge in [-0.05, 0) is 31.7 Å². The van der Waals surface area contributed by atoms with E-state index in [9.17, 15) is 9.59 Å². The Morgan fingerprint density at radius 3 is 2.96 bits per heavy atom. The molecule has 0 radical (unpaired) electrons. The molecule has 1 aliphatic rings. The molecule has 0 spiro atoms. The lowest BCUT2D eigenvalue weighted by Crippen LogP contribution is -2.34. The molecular weight excluding hydrogens is 310 g/mol. The number of aromatic amines is 1. The number of pyridine rings is 2. The van der Waals surface area contributed by atoms with Crippen molar-refractivity contribution < 1.29 is 14.3 Å². The normalized spacial score (nSPS) is 15.4. The van der Waals surface area contributed by atoms with Crippen LogP contribution in [0.2, 0.25) is 0 Å². The van der Waals surface area contributed by atoms with Crippen molar-refractivity contribution in [3.05, 3.63) is 34.1 Å². The van der Waals surface area contributed by atoms with Crippen molar-refractivity contribution in [3.63, 3.8) is 0 Å². The molecule has 1 fully saturated rings. The number of nitrogens with zero attached hydrogens (tertiary/aromatic N) is 1. The maximum atomic E-state index is 12.6. The van der Waals surface area contributed by atoms with Crippen molar-refractivity contribution in [3.8, 4) is 5.88 Å². The third kappa shape index (κ3) is 3.56. The topological polar surface area (TPSA) is 93.3 Å². The first-order valence-corrected chi connectivity index (χ1v) is 8.20. The zero-order valence-electron chi connectivity index (χ0n) is 13.6. The van der Waals surface area contributed by atoms with E-state index in [4.69, 9.17) is 9.47 Å². The van der Waals surface area contributed by atoms with Gasteiger partial charge in [0.05, 0.1) is 12.1 Å². The Balaban J connectivity index is 1.79. The van der Waals surface area contributed by atoms with Gasteiger partial charge in [0.15, 0.2) is 0 Å². The average molecular weight is 331 g/mol. The van der Waals surface area contributed by atoms with Crippen LogP contribution in [0.15, 0.2) is 23.1 Å². The van der Waals surface area contributed by atoms with Gasteiger partial charge in [-0.15, -0.1) is 0 Å². The maximum Gasteiger partial charge on any atom is 0.256 e. The van der Waals surface area contributed by atoms with Crippen LogP contribution >= 0.6 is 0 Å². The highest BCUT2D eigenvalue weighted by molar-refractivity contribution is 5.96. The second kappa shape index (κ2) is 7.44. The highest BCUT2D eigenvalue weighted by Crippen LogP contribution is 2.14. The molecule has 2 N–H and O–H groups in total. The smallest absolute Gasteiger partial charge is 0.256 e. The summed E-state index contributed by atoms with van der Waals surface area (Å²) < 4.78 is 10.6. The minimum Gasteiger partial charge on any atom is -0.478 e. The van der Waals surface area contributed by atoms with E-state index in [2.05, 4.69) is 15.3 Å². The second-order valence-corrected chi connectivity index (χ2v) is 5.78. The van der Waals surface area contributed by atoms with Gasteiger partial charge in [0.25, 0.3) is 5.91 Å². The highest BCUT2D eigenvalue weighted by Gasteiger charge is 2.18. The highest BCUT2D eigenvalue weighted by atomic mass is 16.5. The number of hydrogen-bond acceptors (Lipinski definition) is 5. The molecule has 2 aromatic heterocycles. The number of rotatable bonds is 5. The van der Waals surface area contributed by atoms with Crippen molar-refractivity contribution in [1.29, 1.82) is 0 Å². The summed E-state index contributed by atoms with van der Waals surface area (Å²) in [6, 6.07) is 3.41. The maximum absolute atomic E-state index is 12.6. The molecule has 0 unspecified atom stereocenters. The van der Waals surface area contributed by atoms with E-state index in [-0.39, 0.29) is 17.0 Å². The summed E-state index contributed by atoms with van der Waals surface area (Å²) in [6.07, 6.45) is 3.28. The lowest BCUT2D eigenvalue weighted by Gasteiger charge is -2.22. The molecule has 0 saturated carbocycles. The Bertz CT molecular complexity index is 781. The molecule has 3 rings (SSSR count). The number of nitrogens with one attached hydrogen (secondary N) is 2. The molecule has 7 nitrogen and oxygen atoms in total. The van der Waals surface area contributed by atoms with Gasteiger partial charge in [-0.25, -0.2) is 4.98 Å². The molecule has 3 heterocycles. The fourth-order valence-corrected chi connectivity index (χ4v) is 2.75. The molecule has 128 valence electrons. The summed E-state index contributed by atoms with van der Waals surface area (Å²) in [4.78, 5) is 32.0. The van der Waals surface area contributed by atoms with Crippen molar-refractivity contribution in [1.82, 2.24) is 15.3 Å². The molecule has 0 atom stereocenters. The van der Waals surface area contributed by atoms with Gasteiger partial charge in [-0.3, -0.25) is 9.59 Å². The molecule has 0 aliphatic carbocycles. The molecule has 1 amide bonds. The lowest BCUT2D eigenvalue weighted by atomic mass is 10.0. The zero-order chi connectivity index (χ0) is 16.9. The third-order valence-electron chi connectivity index (χ3n) is 4.13. The fraction of sp³-hybridized carbons (Fsp3) is 0.471. The fourth-order valence-electron chi connectivity index (χ4n) is 2.75. The van der Waals surface area contributed by atoms with Crippen LogP contribution in [0.5, 0.6) is 5.88 Å². The molecule has 7 heteroatoms. The van der Waals surface area contributed by atoms with Gasteiger partial charge in [0.2, 0.25) is 11.3 Å². The van der Waals surface area contributed by atoms with Crippen molar-refractivity contribution in [2.24, 2.45) is 5.92 Å². The number of hydrogen-bond donors (Lipinski definition) is 2. The molecule has 1 aliphatic heterocycles. The quantitative estimate of drug-likeness (QED) is 0.865. The first-order chi connectivity index (χ1) is 11.7. The standard InChI is InChI=1S/C17H21N3O4/c1-2-24-14-4-3-13-15(20-14)16(21)12(10-18-13)17(22)19-9-11-5-7-23-8-6-11/h3-4,10-11H,2,5-9H2,1H3,(H,18,21)(H,19,22). The van der Waals surface area contributed by atoms with Crippen LogP contribution in [-0.4, -0.2) is 42.2 Å². The molecular formula is C17H21N3O4.